The molecule has 0 aliphatic heterocycles. The van der Waals surface area contributed by atoms with Crippen LogP contribution in [0.1, 0.15) is 5.69 Å². The van der Waals surface area contributed by atoms with Crippen LogP contribution in [0.5, 0.6) is 0 Å². The predicted molar refractivity (Wildman–Crippen MR) is 77.6 cm³/mol. The number of hydrogen-bond acceptors (Lipinski definition) is 5. The molecule has 0 spiro atoms. The first-order chi connectivity index (χ1) is 9.41. The second-order valence-electron chi connectivity index (χ2n) is 4.47. The van der Waals surface area contributed by atoms with Gasteiger partial charge in [0.05, 0.1) is 28.5 Å². The second-order valence-corrected chi connectivity index (χ2v) is 6.62. The van der Waals surface area contributed by atoms with Gasteiger partial charge in [0.2, 0.25) is 10.0 Å². The number of benzene rings is 1. The van der Waals surface area contributed by atoms with Gasteiger partial charge in [-0.2, -0.15) is 5.10 Å². The number of H-pyrrole nitrogens is 1. The summed E-state index contributed by atoms with van der Waals surface area (Å²) in [6.07, 6.45) is 1.66. The molecule has 0 radical (unpaired) electrons. The Kier molecular flexibility index (Phi) is 3.96. The zero-order valence-corrected chi connectivity index (χ0v) is 12.1. The maximum atomic E-state index is 12.0. The molecule has 0 unspecified atom stereocenters. The Hall–Kier alpha value is -2.06. The highest BCUT2D eigenvalue weighted by molar-refractivity contribution is 7.89. The topological polar surface area (TPSA) is 104 Å². The van der Waals surface area contributed by atoms with Crippen LogP contribution in [0.3, 0.4) is 0 Å². The lowest BCUT2D eigenvalue weighted by molar-refractivity contribution is 0.521. The van der Waals surface area contributed by atoms with E-state index in [1.807, 2.05) is 6.07 Å². The molecule has 4 N–H and O–H groups in total. The highest BCUT2D eigenvalue weighted by atomic mass is 32.2. The van der Waals surface area contributed by atoms with Crippen molar-refractivity contribution < 1.29 is 8.42 Å². The minimum Gasteiger partial charge on any atom is -0.397 e. The van der Waals surface area contributed by atoms with Crippen LogP contribution in [0.2, 0.25) is 0 Å². The molecule has 0 saturated heterocycles. The molecule has 2 aromatic rings. The summed E-state index contributed by atoms with van der Waals surface area (Å²) in [7, 11) is -0.501. The Labute approximate surface area is 117 Å². The summed E-state index contributed by atoms with van der Waals surface area (Å²) in [5.74, 6) is 0. The van der Waals surface area contributed by atoms with Gasteiger partial charge in [0.15, 0.2) is 0 Å². The Morgan fingerprint density at radius 3 is 2.65 bits per heavy atom. The van der Waals surface area contributed by atoms with Crippen LogP contribution in [-0.4, -0.2) is 37.0 Å². The fourth-order valence-electron chi connectivity index (χ4n) is 1.65. The van der Waals surface area contributed by atoms with E-state index in [0.717, 1.165) is 10.00 Å². The van der Waals surface area contributed by atoms with E-state index in [0.29, 0.717) is 17.9 Å². The quantitative estimate of drug-likeness (QED) is 0.710. The van der Waals surface area contributed by atoms with E-state index >= 15 is 0 Å². The number of nitrogen functional groups attached to an aromatic ring is 1. The van der Waals surface area contributed by atoms with Crippen molar-refractivity contribution in [1.82, 2.24) is 14.5 Å². The molecule has 8 heteroatoms. The number of nitrogens with two attached hydrogens (primary N) is 1. The zero-order valence-electron chi connectivity index (χ0n) is 11.3. The number of aromatic nitrogens is 2. The molecule has 1 aromatic heterocycles. The predicted octanol–water partition coefficient (Wildman–Crippen LogP) is 0.854. The van der Waals surface area contributed by atoms with Crippen LogP contribution in [0.4, 0.5) is 11.4 Å². The van der Waals surface area contributed by atoms with Crippen molar-refractivity contribution in [2.24, 2.45) is 0 Å². The molecule has 0 atom stereocenters. The van der Waals surface area contributed by atoms with Gasteiger partial charge in [-0.1, -0.05) is 0 Å². The highest BCUT2D eigenvalue weighted by Gasteiger charge is 2.17. The number of nitrogens with one attached hydrogen (secondary N) is 2. The summed E-state index contributed by atoms with van der Waals surface area (Å²) in [5.41, 5.74) is 7.86. The summed E-state index contributed by atoms with van der Waals surface area (Å²) in [4.78, 5) is 0.173. The third kappa shape index (κ3) is 2.91. The third-order valence-corrected chi connectivity index (χ3v) is 4.64. The minimum absolute atomic E-state index is 0.173. The van der Waals surface area contributed by atoms with E-state index in [4.69, 9.17) is 5.73 Å². The maximum Gasteiger partial charge on any atom is 0.242 e. The Morgan fingerprint density at radius 1 is 1.35 bits per heavy atom. The number of nitrogens with zero attached hydrogens (tertiary/aromatic N) is 2. The third-order valence-electron chi connectivity index (χ3n) is 2.83. The summed E-state index contributed by atoms with van der Waals surface area (Å²) in [5, 5.41) is 9.78. The SMILES string of the molecule is CN(C)S(=O)(=O)c1ccc(NCc2ccn[nH]2)c(N)c1. The van der Waals surface area contributed by atoms with Gasteiger partial charge in [-0.15, -0.1) is 0 Å². The van der Waals surface area contributed by atoms with Crippen LogP contribution < -0.4 is 11.1 Å². The Bertz CT molecular complexity index is 680. The number of aromatic amines is 1. The molecular formula is C12H17N5O2S. The van der Waals surface area contributed by atoms with E-state index in [-0.39, 0.29) is 4.90 Å². The zero-order chi connectivity index (χ0) is 14.8. The lowest BCUT2D eigenvalue weighted by Crippen LogP contribution is -2.22. The van der Waals surface area contributed by atoms with Crippen LogP contribution in [0.15, 0.2) is 35.4 Å². The van der Waals surface area contributed by atoms with Crippen molar-refractivity contribution in [1.29, 1.82) is 0 Å². The number of hydrogen-bond donors (Lipinski definition) is 3. The van der Waals surface area contributed by atoms with Crippen molar-refractivity contribution in [3.8, 4) is 0 Å². The largest absolute Gasteiger partial charge is 0.397 e. The van der Waals surface area contributed by atoms with Gasteiger partial charge >= 0.3 is 0 Å². The molecule has 0 fully saturated rings. The van der Waals surface area contributed by atoms with Crippen LogP contribution in [-0.2, 0) is 16.6 Å². The molecule has 1 aromatic carbocycles. The van der Waals surface area contributed by atoms with E-state index in [2.05, 4.69) is 15.5 Å². The van der Waals surface area contributed by atoms with Gasteiger partial charge in [0.25, 0.3) is 0 Å². The van der Waals surface area contributed by atoms with E-state index in [9.17, 15) is 8.42 Å². The van der Waals surface area contributed by atoms with Crippen LogP contribution in [0.25, 0.3) is 0 Å². The summed E-state index contributed by atoms with van der Waals surface area (Å²) in [6, 6.07) is 6.47. The second kappa shape index (κ2) is 5.51. The summed E-state index contributed by atoms with van der Waals surface area (Å²) >= 11 is 0. The van der Waals surface area contributed by atoms with Crippen molar-refractivity contribution >= 4 is 21.4 Å². The van der Waals surface area contributed by atoms with Crippen LogP contribution >= 0.6 is 0 Å². The maximum absolute atomic E-state index is 12.0. The lowest BCUT2D eigenvalue weighted by atomic mass is 10.2. The monoisotopic (exact) mass is 295 g/mol. The number of anilines is 2. The van der Waals surface area contributed by atoms with E-state index in [1.54, 1.807) is 12.3 Å². The molecule has 0 aliphatic rings. The number of sulfonamides is 1. The molecule has 2 rings (SSSR count). The molecule has 0 aliphatic carbocycles. The lowest BCUT2D eigenvalue weighted by Gasteiger charge is -2.14. The average Bonchev–Trinajstić information content (AvgIpc) is 2.90. The normalized spacial score (nSPS) is 11.8. The molecule has 108 valence electrons. The highest BCUT2D eigenvalue weighted by Crippen LogP contribution is 2.24. The summed E-state index contributed by atoms with van der Waals surface area (Å²) in [6.45, 7) is 0.532. The van der Waals surface area contributed by atoms with Crippen LogP contribution in [0, 0.1) is 0 Å². The van der Waals surface area contributed by atoms with Gasteiger partial charge in [-0.05, 0) is 24.3 Å². The fourth-order valence-corrected chi connectivity index (χ4v) is 2.58. The molecular weight excluding hydrogens is 278 g/mol. The average molecular weight is 295 g/mol. The molecule has 0 amide bonds. The minimum atomic E-state index is -3.46. The van der Waals surface area contributed by atoms with Gasteiger partial charge in [-0.25, -0.2) is 12.7 Å². The molecule has 1 heterocycles. The molecule has 7 nitrogen and oxygen atoms in total. The fraction of sp³-hybridized carbons (Fsp3) is 0.250. The van der Waals surface area contributed by atoms with Crippen molar-refractivity contribution in [3.63, 3.8) is 0 Å². The van der Waals surface area contributed by atoms with E-state index < -0.39 is 10.0 Å². The number of rotatable bonds is 5. The van der Waals surface area contributed by atoms with Crippen molar-refractivity contribution in [2.45, 2.75) is 11.4 Å². The first kappa shape index (κ1) is 14.4. The standard InChI is InChI=1S/C12H17N5O2S/c1-17(2)20(18,19)10-3-4-12(11(13)7-10)14-8-9-5-6-15-16-9/h3-7,14H,8,13H2,1-2H3,(H,15,16). The first-order valence-electron chi connectivity index (χ1n) is 5.95. The Morgan fingerprint density at radius 2 is 2.10 bits per heavy atom. The van der Waals surface area contributed by atoms with Crippen molar-refractivity contribution in [3.05, 3.63) is 36.2 Å². The molecule has 0 saturated carbocycles. The smallest absolute Gasteiger partial charge is 0.242 e. The van der Waals surface area contributed by atoms with Gasteiger partial charge in [-0.3, -0.25) is 5.10 Å². The molecule has 0 bridgehead atoms. The van der Waals surface area contributed by atoms with Gasteiger partial charge < -0.3 is 11.1 Å². The van der Waals surface area contributed by atoms with Gasteiger partial charge in [0, 0.05) is 20.3 Å². The van der Waals surface area contributed by atoms with E-state index in [1.165, 1.54) is 26.2 Å². The Balaban J connectivity index is 2.18. The summed E-state index contributed by atoms with van der Waals surface area (Å²) < 4.78 is 25.1. The first-order valence-corrected chi connectivity index (χ1v) is 7.39. The van der Waals surface area contributed by atoms with Gasteiger partial charge in [0.1, 0.15) is 0 Å². The molecule has 20 heavy (non-hydrogen) atoms. The van der Waals surface area contributed by atoms with Crippen molar-refractivity contribution in [2.75, 3.05) is 25.1 Å².